The lowest BCUT2D eigenvalue weighted by atomic mass is 10.1. The van der Waals surface area contributed by atoms with Gasteiger partial charge < -0.3 is 15.0 Å². The van der Waals surface area contributed by atoms with Crippen LogP contribution in [0.15, 0.2) is 77.7 Å². The Labute approximate surface area is 246 Å². The lowest BCUT2D eigenvalue weighted by molar-refractivity contribution is -0.140. The van der Waals surface area contributed by atoms with Gasteiger partial charge in [-0.1, -0.05) is 37.6 Å². The Morgan fingerprint density at radius 2 is 1.56 bits per heavy atom. The van der Waals surface area contributed by atoms with Crippen molar-refractivity contribution in [3.05, 3.63) is 89.2 Å². The standard InChI is InChI=1S/C30H35ClFN3O5S/c1-5-21(3)33-30(37)28(6-2)34(19-22-7-9-23(31)10-8-22)29(36)20-35(25-13-11-24(32)12-14-25)41(38,39)27-17-15-26(40-4)16-18-27/h7-18,21,28H,5-6,19-20H2,1-4H3,(H,33,37)/t21-,28+/m1/s1. The van der Waals surface area contributed by atoms with E-state index in [1.807, 2.05) is 13.8 Å². The topological polar surface area (TPSA) is 96.0 Å². The molecule has 220 valence electrons. The Bertz CT molecular complexity index is 1420. The molecular weight excluding hydrogens is 569 g/mol. The van der Waals surface area contributed by atoms with Crippen LogP contribution in [0.5, 0.6) is 5.75 Å². The summed E-state index contributed by atoms with van der Waals surface area (Å²) in [5.41, 5.74) is 0.808. The second-order valence-corrected chi connectivity index (χ2v) is 11.9. The van der Waals surface area contributed by atoms with Crippen LogP contribution in [-0.2, 0) is 26.2 Å². The first-order valence-corrected chi connectivity index (χ1v) is 15.1. The number of nitrogens with one attached hydrogen (secondary N) is 1. The first-order chi connectivity index (χ1) is 19.5. The third kappa shape index (κ3) is 8.20. The number of nitrogens with zero attached hydrogens (tertiary/aromatic N) is 2. The lowest BCUT2D eigenvalue weighted by Crippen LogP contribution is -2.53. The number of hydrogen-bond acceptors (Lipinski definition) is 5. The lowest BCUT2D eigenvalue weighted by Gasteiger charge is -2.33. The predicted molar refractivity (Wildman–Crippen MR) is 158 cm³/mol. The van der Waals surface area contributed by atoms with Crippen LogP contribution in [0, 0.1) is 5.82 Å². The van der Waals surface area contributed by atoms with Crippen molar-refractivity contribution in [2.45, 2.75) is 57.1 Å². The maximum atomic E-state index is 14.0. The van der Waals surface area contributed by atoms with Crippen LogP contribution in [0.3, 0.4) is 0 Å². The molecular formula is C30H35ClFN3O5S. The Morgan fingerprint density at radius 1 is 0.951 bits per heavy atom. The van der Waals surface area contributed by atoms with Gasteiger partial charge in [-0.15, -0.1) is 0 Å². The maximum absolute atomic E-state index is 14.0. The van der Waals surface area contributed by atoms with Gasteiger partial charge in [0.05, 0.1) is 17.7 Å². The highest BCUT2D eigenvalue weighted by Gasteiger charge is 2.34. The Hall–Kier alpha value is -3.63. The number of carbonyl (C=O) groups is 2. The van der Waals surface area contributed by atoms with Gasteiger partial charge in [0.15, 0.2) is 0 Å². The second-order valence-electron chi connectivity index (χ2n) is 9.55. The number of methoxy groups -OCH3 is 1. The first-order valence-electron chi connectivity index (χ1n) is 13.3. The Kier molecular flexibility index (Phi) is 11.1. The maximum Gasteiger partial charge on any atom is 0.264 e. The summed E-state index contributed by atoms with van der Waals surface area (Å²) in [6, 6.07) is 16.4. The normalized spacial score (nSPS) is 12.7. The second kappa shape index (κ2) is 14.3. The minimum Gasteiger partial charge on any atom is -0.497 e. The van der Waals surface area contributed by atoms with Crippen LogP contribution < -0.4 is 14.4 Å². The molecule has 1 N–H and O–H groups in total. The van der Waals surface area contributed by atoms with Gasteiger partial charge >= 0.3 is 0 Å². The van der Waals surface area contributed by atoms with Gasteiger partial charge in [0.25, 0.3) is 10.0 Å². The summed E-state index contributed by atoms with van der Waals surface area (Å²) in [5.74, 6) is -1.04. The van der Waals surface area contributed by atoms with Gasteiger partial charge in [-0.3, -0.25) is 13.9 Å². The van der Waals surface area contributed by atoms with E-state index in [1.165, 1.54) is 48.4 Å². The third-order valence-corrected chi connectivity index (χ3v) is 8.73. The molecule has 0 aromatic heterocycles. The van der Waals surface area contributed by atoms with E-state index in [0.717, 1.165) is 16.4 Å². The molecule has 0 bridgehead atoms. The Balaban J connectivity index is 2.05. The molecule has 0 spiro atoms. The van der Waals surface area contributed by atoms with E-state index >= 15 is 0 Å². The van der Waals surface area contributed by atoms with Gasteiger partial charge in [-0.05, 0) is 86.0 Å². The summed E-state index contributed by atoms with van der Waals surface area (Å²) in [6.45, 7) is 5.01. The number of hydrogen-bond donors (Lipinski definition) is 1. The number of sulfonamides is 1. The van der Waals surface area contributed by atoms with Crippen molar-refractivity contribution in [2.75, 3.05) is 18.0 Å². The van der Waals surface area contributed by atoms with Gasteiger partial charge in [0.2, 0.25) is 11.8 Å². The van der Waals surface area contributed by atoms with Gasteiger partial charge in [-0.25, -0.2) is 12.8 Å². The molecule has 8 nitrogen and oxygen atoms in total. The molecule has 0 saturated heterocycles. The van der Waals surface area contributed by atoms with Gasteiger partial charge in [-0.2, -0.15) is 0 Å². The molecule has 0 aliphatic carbocycles. The molecule has 3 aromatic carbocycles. The first kappa shape index (κ1) is 31.9. The summed E-state index contributed by atoms with van der Waals surface area (Å²) < 4.78 is 47.5. The summed E-state index contributed by atoms with van der Waals surface area (Å²) in [6.07, 6.45) is 0.995. The van der Waals surface area contributed by atoms with Gasteiger partial charge in [0.1, 0.15) is 24.2 Å². The molecule has 41 heavy (non-hydrogen) atoms. The monoisotopic (exact) mass is 603 g/mol. The van der Waals surface area contributed by atoms with Crippen LogP contribution in [0.4, 0.5) is 10.1 Å². The SMILES string of the molecule is CC[C@@H](C)NC(=O)[C@H](CC)N(Cc1ccc(Cl)cc1)C(=O)CN(c1ccc(F)cc1)S(=O)(=O)c1ccc(OC)cc1. The molecule has 2 amide bonds. The molecule has 0 aliphatic heterocycles. The summed E-state index contributed by atoms with van der Waals surface area (Å²) >= 11 is 6.05. The molecule has 3 rings (SSSR count). The Morgan fingerprint density at radius 3 is 2.10 bits per heavy atom. The average molecular weight is 604 g/mol. The van der Waals surface area contributed by atoms with Crippen molar-refractivity contribution in [1.29, 1.82) is 0 Å². The zero-order valence-corrected chi connectivity index (χ0v) is 25.1. The number of benzene rings is 3. The highest BCUT2D eigenvalue weighted by Crippen LogP contribution is 2.26. The van der Waals surface area contributed by atoms with Crippen LogP contribution in [-0.4, -0.2) is 50.9 Å². The number of amides is 2. The quantitative estimate of drug-likeness (QED) is 0.282. The molecule has 11 heteroatoms. The number of rotatable bonds is 13. The fraction of sp³-hybridized carbons (Fsp3) is 0.333. The van der Waals surface area contributed by atoms with E-state index in [1.54, 1.807) is 31.2 Å². The zero-order chi connectivity index (χ0) is 30.2. The molecule has 0 unspecified atom stereocenters. The number of anilines is 1. The zero-order valence-electron chi connectivity index (χ0n) is 23.5. The van der Waals surface area contributed by atoms with Crippen LogP contribution in [0.25, 0.3) is 0 Å². The van der Waals surface area contributed by atoms with E-state index in [-0.39, 0.29) is 29.1 Å². The number of carbonyl (C=O) groups excluding carboxylic acids is 2. The summed E-state index contributed by atoms with van der Waals surface area (Å²) in [4.78, 5) is 28.6. The molecule has 0 saturated carbocycles. The van der Waals surface area contributed by atoms with Crippen molar-refractivity contribution in [2.24, 2.45) is 0 Å². The van der Waals surface area contributed by atoms with Crippen molar-refractivity contribution < 1.29 is 27.1 Å². The van der Waals surface area contributed by atoms with E-state index in [2.05, 4.69) is 5.32 Å². The molecule has 3 aromatic rings. The van der Waals surface area contributed by atoms with Crippen molar-refractivity contribution >= 4 is 39.1 Å². The van der Waals surface area contributed by atoms with Gasteiger partial charge in [0, 0.05) is 17.6 Å². The molecule has 0 radical (unpaired) electrons. The van der Waals surface area contributed by atoms with E-state index in [9.17, 15) is 22.4 Å². The summed E-state index contributed by atoms with van der Waals surface area (Å²) in [5, 5.41) is 3.44. The largest absolute Gasteiger partial charge is 0.497 e. The van der Waals surface area contributed by atoms with Crippen molar-refractivity contribution in [3.63, 3.8) is 0 Å². The van der Waals surface area contributed by atoms with E-state index in [0.29, 0.717) is 29.2 Å². The molecule has 2 atom stereocenters. The van der Waals surface area contributed by atoms with Crippen molar-refractivity contribution in [1.82, 2.24) is 10.2 Å². The highest BCUT2D eigenvalue weighted by molar-refractivity contribution is 7.92. The smallest absolute Gasteiger partial charge is 0.264 e. The van der Waals surface area contributed by atoms with E-state index < -0.39 is 34.3 Å². The van der Waals surface area contributed by atoms with Crippen LogP contribution in [0.1, 0.15) is 39.2 Å². The number of ether oxygens (including phenoxy) is 1. The minimum atomic E-state index is -4.28. The fourth-order valence-corrected chi connectivity index (χ4v) is 5.70. The average Bonchev–Trinajstić information content (AvgIpc) is 2.97. The summed E-state index contributed by atoms with van der Waals surface area (Å²) in [7, 11) is -2.82. The molecule has 0 fully saturated rings. The molecule has 0 aliphatic rings. The highest BCUT2D eigenvalue weighted by atomic mass is 35.5. The third-order valence-electron chi connectivity index (χ3n) is 6.69. The minimum absolute atomic E-state index is 0.0439. The van der Waals surface area contributed by atoms with Crippen LogP contribution in [0.2, 0.25) is 5.02 Å². The van der Waals surface area contributed by atoms with Crippen LogP contribution >= 0.6 is 11.6 Å². The molecule has 0 heterocycles. The fourth-order valence-electron chi connectivity index (χ4n) is 4.16. The number of halogens is 2. The van der Waals surface area contributed by atoms with Crippen molar-refractivity contribution in [3.8, 4) is 5.75 Å². The predicted octanol–water partition coefficient (Wildman–Crippen LogP) is 5.41. The van der Waals surface area contributed by atoms with E-state index in [4.69, 9.17) is 16.3 Å².